The molecule has 1 amide bonds. The highest BCUT2D eigenvalue weighted by molar-refractivity contribution is 5.77. The number of nitrogens with one attached hydrogen (secondary N) is 1. The Balaban J connectivity index is 4.69. The van der Waals surface area contributed by atoms with Gasteiger partial charge in [-0.15, -0.1) is 0 Å². The van der Waals surface area contributed by atoms with E-state index in [2.05, 4.69) is 0 Å². The fourth-order valence-corrected chi connectivity index (χ4v) is 0.899. The van der Waals surface area contributed by atoms with E-state index in [1.54, 1.807) is 5.32 Å². The first kappa shape index (κ1) is 9.22. The second-order valence-electron chi connectivity index (χ2n) is 2.87. The Morgan fingerprint density at radius 1 is 1.53 bits per heavy atom. The second-order valence-corrected chi connectivity index (χ2v) is 2.87. The van der Waals surface area contributed by atoms with E-state index in [1.807, 2.05) is 0 Å². The van der Waals surface area contributed by atoms with Crippen molar-refractivity contribution in [3.63, 3.8) is 0 Å². The van der Waals surface area contributed by atoms with Crippen LogP contribution in [0.5, 0.6) is 0 Å². The molecular weight excluding hydrogens is 208 g/mol. The van der Waals surface area contributed by atoms with Crippen LogP contribution in [-0.4, -0.2) is 63.6 Å². The summed E-state index contributed by atoms with van der Waals surface area (Å²) in [5.41, 5.74) is 0. The van der Waals surface area contributed by atoms with Gasteiger partial charge in [0.2, 0.25) is 5.91 Å². The Hall–Kier alpha value is -1.02. The van der Waals surface area contributed by atoms with Crippen molar-refractivity contribution in [3.05, 3.63) is 0 Å². The number of carbonyl (C=O) groups is 2. The Labute approximate surface area is 90.6 Å². The standard InChI is InChI=1S/C8H15NO6/c1-4(12)9-5(2-10)7(14)8(15)6(13)3-11/h2,5-8,11,13-15H,3H2,1H3,(H,9,12)/t5-,6-,7-,8-/m1/s1/i1D3,12+2. The summed E-state index contributed by atoms with van der Waals surface area (Å²) in [6.45, 7) is -3.89. The van der Waals surface area contributed by atoms with Crippen molar-refractivity contribution in [3.8, 4) is 0 Å². The van der Waals surface area contributed by atoms with Crippen molar-refractivity contribution in [2.24, 2.45) is 0 Å². The van der Waals surface area contributed by atoms with Crippen LogP contribution < -0.4 is 5.32 Å². The van der Waals surface area contributed by atoms with Crippen molar-refractivity contribution in [1.82, 2.24) is 5.32 Å². The van der Waals surface area contributed by atoms with E-state index >= 15 is 0 Å². The quantitative estimate of drug-likeness (QED) is 0.239. The molecule has 0 bridgehead atoms. The van der Waals surface area contributed by atoms with Gasteiger partial charge in [-0.25, -0.2) is 0 Å². The lowest BCUT2D eigenvalue weighted by atomic mass is 10.0. The fourth-order valence-electron chi connectivity index (χ4n) is 0.899. The lowest BCUT2D eigenvalue weighted by molar-refractivity contribution is -0.129. The van der Waals surface area contributed by atoms with Gasteiger partial charge in [-0.3, -0.25) is 4.79 Å². The average molecular weight is 226 g/mol. The van der Waals surface area contributed by atoms with Gasteiger partial charge in [-0.1, -0.05) is 0 Å². The van der Waals surface area contributed by atoms with E-state index in [-0.39, 0.29) is 6.29 Å². The van der Waals surface area contributed by atoms with Crippen LogP contribution in [0.15, 0.2) is 0 Å². The van der Waals surface area contributed by atoms with Gasteiger partial charge in [0.15, 0.2) is 0 Å². The average Bonchev–Trinajstić information content (AvgIpc) is 2.31. The van der Waals surface area contributed by atoms with Crippen LogP contribution in [-0.2, 0) is 9.59 Å². The number of hydrogen-bond donors (Lipinski definition) is 5. The van der Waals surface area contributed by atoms with Gasteiger partial charge in [-0.05, 0) is 0 Å². The van der Waals surface area contributed by atoms with Crippen molar-refractivity contribution >= 4 is 12.2 Å². The number of aldehydes is 1. The lowest BCUT2D eigenvalue weighted by Gasteiger charge is -2.25. The molecule has 0 aromatic heterocycles. The van der Waals surface area contributed by atoms with Crippen molar-refractivity contribution in [2.75, 3.05) is 6.61 Å². The monoisotopic (exact) mass is 226 g/mol. The number of carbonyl (C=O) groups excluding carboxylic acids is 2. The summed E-state index contributed by atoms with van der Waals surface area (Å²) in [5, 5.41) is 38.0. The summed E-state index contributed by atoms with van der Waals surface area (Å²) in [4.78, 5) is 21.7. The predicted molar refractivity (Wildman–Crippen MR) is 48.8 cm³/mol. The lowest BCUT2D eigenvalue weighted by Crippen LogP contribution is -2.53. The van der Waals surface area contributed by atoms with E-state index in [9.17, 15) is 19.8 Å². The molecule has 0 unspecified atom stereocenters. The molecule has 0 rings (SSSR count). The highest BCUT2D eigenvalue weighted by Gasteiger charge is 2.31. The smallest absolute Gasteiger partial charge is 0.217 e. The third-order valence-corrected chi connectivity index (χ3v) is 1.74. The van der Waals surface area contributed by atoms with Gasteiger partial charge < -0.3 is 30.5 Å². The molecular formula is C8H15NO6. The maximum absolute atomic E-state index is 11.1. The second kappa shape index (κ2) is 6.46. The Bertz CT molecular complexity index is 297. The molecule has 0 saturated heterocycles. The van der Waals surface area contributed by atoms with Crippen LogP contribution in [0, 0.1) is 0 Å². The van der Waals surface area contributed by atoms with Crippen LogP contribution >= 0.6 is 0 Å². The molecule has 0 heterocycles. The first-order valence-corrected chi connectivity index (χ1v) is 4.06. The van der Waals surface area contributed by atoms with E-state index in [4.69, 9.17) is 14.3 Å². The van der Waals surface area contributed by atoms with Gasteiger partial charge in [-0.2, -0.15) is 0 Å². The molecule has 0 radical (unpaired) electrons. The number of rotatable bonds is 6. The van der Waals surface area contributed by atoms with Crippen LogP contribution in [0.2, 0.25) is 0 Å². The summed E-state index contributed by atoms with van der Waals surface area (Å²) in [5.74, 6) is -1.48. The molecule has 88 valence electrons. The molecule has 0 aliphatic carbocycles. The number of hydrogen-bond acceptors (Lipinski definition) is 6. The van der Waals surface area contributed by atoms with E-state index < -0.39 is 43.7 Å². The van der Waals surface area contributed by atoms with Crippen molar-refractivity contribution in [2.45, 2.75) is 31.2 Å². The topological polar surface area (TPSA) is 127 Å². The van der Waals surface area contributed by atoms with Crippen molar-refractivity contribution in [1.29, 1.82) is 0 Å². The zero-order chi connectivity index (χ0) is 14.5. The normalized spacial score (nSPS) is 22.5. The Kier molecular flexibility index (Phi) is 3.97. The maximum atomic E-state index is 11.1. The van der Waals surface area contributed by atoms with E-state index in [1.165, 1.54) is 0 Å². The highest BCUT2D eigenvalue weighted by Crippen LogP contribution is 2.03. The molecule has 15 heavy (non-hydrogen) atoms. The van der Waals surface area contributed by atoms with E-state index in [0.29, 0.717) is 0 Å². The predicted octanol–water partition coefficient (Wildman–Crippen LogP) is -3.23. The van der Waals surface area contributed by atoms with Crippen LogP contribution in [0.3, 0.4) is 0 Å². The molecule has 0 aromatic rings. The summed E-state index contributed by atoms with van der Waals surface area (Å²) in [7, 11) is 0. The third kappa shape index (κ3) is 4.34. The zero-order valence-corrected chi connectivity index (χ0v) is 7.70. The Morgan fingerprint density at radius 3 is 2.53 bits per heavy atom. The van der Waals surface area contributed by atoms with Crippen molar-refractivity contribution < 1.29 is 34.1 Å². The zero-order valence-electron chi connectivity index (χ0n) is 10.7. The minimum Gasteiger partial charge on any atom is -0.394 e. The van der Waals surface area contributed by atoms with Gasteiger partial charge in [0, 0.05) is 11.0 Å². The molecule has 0 aliphatic heterocycles. The SMILES string of the molecule is [2H]C([2H])([2H])C(=[18O])N[C@H](C=O)[C@@H](O)[C@H](O)[C@H](O)CO. The molecule has 7 heteroatoms. The van der Waals surface area contributed by atoms with Gasteiger partial charge in [0.05, 0.1) is 6.61 Å². The summed E-state index contributed by atoms with van der Waals surface area (Å²) >= 11 is 0. The largest absolute Gasteiger partial charge is 0.394 e. The number of amides is 1. The molecule has 5 N–H and O–H groups in total. The first-order valence-electron chi connectivity index (χ1n) is 5.56. The number of aliphatic hydroxyl groups is 4. The molecule has 0 spiro atoms. The van der Waals surface area contributed by atoms with Gasteiger partial charge in [0.1, 0.15) is 30.6 Å². The highest BCUT2D eigenvalue weighted by atomic mass is 18.1. The minimum atomic E-state index is -3.01. The van der Waals surface area contributed by atoms with Gasteiger partial charge >= 0.3 is 0 Å². The number of aliphatic hydroxyl groups excluding tert-OH is 4. The molecule has 0 aromatic carbocycles. The van der Waals surface area contributed by atoms with E-state index in [0.717, 1.165) is 0 Å². The molecule has 4 atom stereocenters. The van der Waals surface area contributed by atoms with Crippen LogP contribution in [0.4, 0.5) is 0 Å². The molecule has 0 saturated carbocycles. The minimum absolute atomic E-state index is 0.0155. The van der Waals surface area contributed by atoms with Crippen LogP contribution in [0.25, 0.3) is 0 Å². The third-order valence-electron chi connectivity index (χ3n) is 1.74. The van der Waals surface area contributed by atoms with Gasteiger partial charge in [0.25, 0.3) is 0 Å². The van der Waals surface area contributed by atoms with Crippen LogP contribution in [0.1, 0.15) is 11.0 Å². The maximum Gasteiger partial charge on any atom is 0.217 e. The summed E-state index contributed by atoms with van der Waals surface area (Å²) in [6.07, 6.45) is -5.58. The molecule has 0 fully saturated rings. The molecule has 7 nitrogen and oxygen atoms in total. The first-order chi connectivity index (χ1) is 8.15. The fraction of sp³-hybridized carbons (Fsp3) is 0.750. The summed E-state index contributed by atoms with van der Waals surface area (Å²) in [6, 6.07) is -1.71. The summed E-state index contributed by atoms with van der Waals surface area (Å²) < 4.78 is 20.2. The Morgan fingerprint density at radius 2 is 2.13 bits per heavy atom. The molecule has 0 aliphatic rings.